The first-order valence-electron chi connectivity index (χ1n) is 4.22. The van der Waals surface area contributed by atoms with Crippen molar-refractivity contribution in [2.75, 3.05) is 0 Å². The third-order valence-electron chi connectivity index (χ3n) is 2.11. The maximum absolute atomic E-state index is 9.31. The molecule has 3 N–H and O–H groups in total. The molecule has 0 spiro atoms. The van der Waals surface area contributed by atoms with Gasteiger partial charge < -0.3 is 10.8 Å². The van der Waals surface area contributed by atoms with E-state index in [9.17, 15) is 5.11 Å². The van der Waals surface area contributed by atoms with Gasteiger partial charge in [0.25, 0.3) is 0 Å². The van der Waals surface area contributed by atoms with Gasteiger partial charge in [-0.2, -0.15) is 0 Å². The van der Waals surface area contributed by atoms with Crippen LogP contribution in [0.25, 0.3) is 0 Å². The number of hydrogen-bond acceptors (Lipinski definition) is 2. The highest BCUT2D eigenvalue weighted by molar-refractivity contribution is 6.30. The molecule has 0 aliphatic carbocycles. The van der Waals surface area contributed by atoms with Crippen molar-refractivity contribution in [2.24, 2.45) is 5.73 Å². The van der Waals surface area contributed by atoms with Crippen LogP contribution in [0.15, 0.2) is 18.2 Å². The molecule has 0 radical (unpaired) electrons. The number of aliphatic hydroxyl groups excluding tert-OH is 1. The van der Waals surface area contributed by atoms with Crippen LogP contribution < -0.4 is 5.73 Å². The predicted octanol–water partition coefficient (Wildman–Crippen LogP) is 2.03. The second kappa shape index (κ2) is 4.09. The lowest BCUT2D eigenvalue weighted by atomic mass is 9.99. The SMILES string of the molecule is Cc1cc(Cl)ccc1[C@H](N)[C@@H](C)O. The van der Waals surface area contributed by atoms with Crippen molar-refractivity contribution < 1.29 is 5.11 Å². The number of aryl methyl sites for hydroxylation is 1. The standard InChI is InChI=1S/C10H14ClNO/c1-6-5-8(11)3-4-9(6)10(12)7(2)13/h3-5,7,10,13H,12H2,1-2H3/t7-,10-/m1/s1. The smallest absolute Gasteiger partial charge is 0.0704 e. The first-order chi connectivity index (χ1) is 6.02. The lowest BCUT2D eigenvalue weighted by molar-refractivity contribution is 0.164. The molecule has 1 aromatic carbocycles. The molecule has 0 fully saturated rings. The van der Waals surface area contributed by atoms with Gasteiger partial charge in [-0.3, -0.25) is 0 Å². The summed E-state index contributed by atoms with van der Waals surface area (Å²) in [6, 6.07) is 5.15. The van der Waals surface area contributed by atoms with Gasteiger partial charge in [-0.05, 0) is 37.1 Å². The van der Waals surface area contributed by atoms with Crippen molar-refractivity contribution >= 4 is 11.6 Å². The Balaban J connectivity index is 3.01. The molecule has 72 valence electrons. The zero-order valence-electron chi connectivity index (χ0n) is 7.79. The highest BCUT2D eigenvalue weighted by Crippen LogP contribution is 2.21. The maximum atomic E-state index is 9.31. The second-order valence-corrected chi connectivity index (χ2v) is 3.70. The maximum Gasteiger partial charge on any atom is 0.0704 e. The van der Waals surface area contributed by atoms with E-state index in [1.54, 1.807) is 13.0 Å². The van der Waals surface area contributed by atoms with Gasteiger partial charge in [-0.25, -0.2) is 0 Å². The number of hydrogen-bond donors (Lipinski definition) is 2. The zero-order valence-corrected chi connectivity index (χ0v) is 8.55. The second-order valence-electron chi connectivity index (χ2n) is 3.27. The van der Waals surface area contributed by atoms with Crippen LogP contribution in [0.1, 0.15) is 24.1 Å². The number of rotatable bonds is 2. The van der Waals surface area contributed by atoms with Gasteiger partial charge in [0.2, 0.25) is 0 Å². The molecular formula is C10H14ClNO. The summed E-state index contributed by atoms with van der Waals surface area (Å²) < 4.78 is 0. The Kier molecular flexibility index (Phi) is 3.31. The summed E-state index contributed by atoms with van der Waals surface area (Å²) in [5.41, 5.74) is 7.75. The molecule has 0 saturated carbocycles. The monoisotopic (exact) mass is 199 g/mol. The minimum absolute atomic E-state index is 0.336. The summed E-state index contributed by atoms with van der Waals surface area (Å²) in [6.07, 6.45) is -0.542. The molecule has 13 heavy (non-hydrogen) atoms. The van der Waals surface area contributed by atoms with E-state index < -0.39 is 6.10 Å². The minimum atomic E-state index is -0.542. The van der Waals surface area contributed by atoms with Crippen molar-refractivity contribution in [1.82, 2.24) is 0 Å². The van der Waals surface area contributed by atoms with Gasteiger partial charge in [0.15, 0.2) is 0 Å². The topological polar surface area (TPSA) is 46.2 Å². The van der Waals surface area contributed by atoms with E-state index in [1.165, 1.54) is 0 Å². The summed E-state index contributed by atoms with van der Waals surface area (Å²) in [6.45, 7) is 3.61. The molecule has 0 unspecified atom stereocenters. The molecule has 1 rings (SSSR count). The third kappa shape index (κ3) is 2.44. The third-order valence-corrected chi connectivity index (χ3v) is 2.35. The minimum Gasteiger partial charge on any atom is -0.391 e. The summed E-state index contributed by atoms with van der Waals surface area (Å²) in [5, 5.41) is 10.0. The Hall–Kier alpha value is -0.570. The molecular weight excluding hydrogens is 186 g/mol. The average Bonchev–Trinajstić information content (AvgIpc) is 2.03. The Morgan fingerprint density at radius 2 is 2.08 bits per heavy atom. The van der Waals surface area contributed by atoms with Crippen LogP contribution in [0.3, 0.4) is 0 Å². The lowest BCUT2D eigenvalue weighted by Crippen LogP contribution is -2.23. The lowest BCUT2D eigenvalue weighted by Gasteiger charge is -2.17. The van der Waals surface area contributed by atoms with Crippen molar-refractivity contribution in [3.8, 4) is 0 Å². The molecule has 0 bridgehead atoms. The number of halogens is 1. The Morgan fingerprint density at radius 3 is 2.54 bits per heavy atom. The number of nitrogens with two attached hydrogens (primary N) is 1. The fourth-order valence-electron chi connectivity index (χ4n) is 1.27. The fraction of sp³-hybridized carbons (Fsp3) is 0.400. The number of aliphatic hydroxyl groups is 1. The van der Waals surface area contributed by atoms with Crippen LogP contribution in [0.5, 0.6) is 0 Å². The van der Waals surface area contributed by atoms with Gasteiger partial charge in [0.1, 0.15) is 0 Å². The van der Waals surface area contributed by atoms with E-state index in [0.717, 1.165) is 11.1 Å². The van der Waals surface area contributed by atoms with Gasteiger partial charge in [-0.15, -0.1) is 0 Å². The van der Waals surface area contributed by atoms with Crippen molar-refractivity contribution in [3.05, 3.63) is 34.3 Å². The Morgan fingerprint density at radius 1 is 1.46 bits per heavy atom. The van der Waals surface area contributed by atoms with Crippen LogP contribution in [0, 0.1) is 6.92 Å². The van der Waals surface area contributed by atoms with Crippen molar-refractivity contribution in [2.45, 2.75) is 26.0 Å². The first-order valence-corrected chi connectivity index (χ1v) is 4.60. The summed E-state index contributed by atoms with van der Waals surface area (Å²) >= 11 is 5.80. The van der Waals surface area contributed by atoms with Gasteiger partial charge >= 0.3 is 0 Å². The van der Waals surface area contributed by atoms with E-state index in [4.69, 9.17) is 17.3 Å². The van der Waals surface area contributed by atoms with E-state index in [2.05, 4.69) is 0 Å². The quantitative estimate of drug-likeness (QED) is 0.766. The van der Waals surface area contributed by atoms with Crippen LogP contribution in [0.2, 0.25) is 5.02 Å². The molecule has 3 heteroatoms. The zero-order chi connectivity index (χ0) is 10.0. The average molecular weight is 200 g/mol. The fourth-order valence-corrected chi connectivity index (χ4v) is 1.50. The molecule has 1 aromatic rings. The van der Waals surface area contributed by atoms with E-state index in [-0.39, 0.29) is 6.04 Å². The van der Waals surface area contributed by atoms with Gasteiger partial charge in [0, 0.05) is 5.02 Å². The molecule has 0 aliphatic rings. The predicted molar refractivity (Wildman–Crippen MR) is 54.8 cm³/mol. The summed E-state index contributed by atoms with van der Waals surface area (Å²) in [4.78, 5) is 0. The largest absolute Gasteiger partial charge is 0.391 e. The van der Waals surface area contributed by atoms with E-state index >= 15 is 0 Å². The Bertz CT molecular complexity index is 299. The highest BCUT2D eigenvalue weighted by atomic mass is 35.5. The van der Waals surface area contributed by atoms with Crippen LogP contribution in [-0.4, -0.2) is 11.2 Å². The molecule has 0 amide bonds. The van der Waals surface area contributed by atoms with Crippen LogP contribution in [-0.2, 0) is 0 Å². The van der Waals surface area contributed by atoms with Crippen LogP contribution in [0.4, 0.5) is 0 Å². The summed E-state index contributed by atoms with van der Waals surface area (Å²) in [5.74, 6) is 0. The molecule has 0 aromatic heterocycles. The molecule has 0 aliphatic heterocycles. The number of benzene rings is 1. The van der Waals surface area contributed by atoms with Gasteiger partial charge in [0.05, 0.1) is 12.1 Å². The highest BCUT2D eigenvalue weighted by Gasteiger charge is 2.13. The van der Waals surface area contributed by atoms with Crippen LogP contribution >= 0.6 is 11.6 Å². The summed E-state index contributed by atoms with van der Waals surface area (Å²) in [7, 11) is 0. The van der Waals surface area contributed by atoms with Crippen molar-refractivity contribution in [1.29, 1.82) is 0 Å². The molecule has 0 saturated heterocycles. The van der Waals surface area contributed by atoms with Gasteiger partial charge in [-0.1, -0.05) is 17.7 Å². The molecule has 2 atom stereocenters. The normalized spacial score (nSPS) is 15.5. The van der Waals surface area contributed by atoms with E-state index in [0.29, 0.717) is 5.02 Å². The molecule has 0 heterocycles. The van der Waals surface area contributed by atoms with E-state index in [1.807, 2.05) is 19.1 Å². The molecule has 2 nitrogen and oxygen atoms in total. The van der Waals surface area contributed by atoms with Crippen molar-refractivity contribution in [3.63, 3.8) is 0 Å². The Labute approximate surface area is 83.3 Å². The first kappa shape index (κ1) is 10.5.